The first-order chi connectivity index (χ1) is 19.6. The number of para-hydroxylation sites is 2. The molecule has 2 heterocycles. The molecule has 3 aromatic carbocycles. The number of hydrogen-bond acceptors (Lipinski definition) is 6. The van der Waals surface area contributed by atoms with Crippen molar-refractivity contribution in [3.8, 4) is 35.3 Å². The van der Waals surface area contributed by atoms with Gasteiger partial charge in [0, 0.05) is 12.4 Å². The van der Waals surface area contributed by atoms with Gasteiger partial charge in [0.2, 0.25) is 11.8 Å². The molecule has 0 atom stereocenters. The number of nitrogens with zero attached hydrogens (tertiary/aromatic N) is 6. The minimum absolute atomic E-state index is 0.410. The SMILES string of the molecule is COc1nn(-c2ccccc2)cc1/C=C(\C#N)c1ccc(/C(C#N)=C\c2cn(-c3ccccc3)nc2OC)cc1. The van der Waals surface area contributed by atoms with Gasteiger partial charge in [-0.1, -0.05) is 60.7 Å². The van der Waals surface area contributed by atoms with Crippen LogP contribution in [-0.2, 0) is 0 Å². The molecule has 0 amide bonds. The molecule has 40 heavy (non-hydrogen) atoms. The highest BCUT2D eigenvalue weighted by molar-refractivity contribution is 5.93. The zero-order chi connectivity index (χ0) is 27.9. The van der Waals surface area contributed by atoms with Crippen LogP contribution in [0, 0.1) is 22.7 Å². The number of aromatic nitrogens is 4. The van der Waals surface area contributed by atoms with Gasteiger partial charge in [-0.2, -0.15) is 10.5 Å². The molecule has 8 heteroatoms. The van der Waals surface area contributed by atoms with Gasteiger partial charge in [0.15, 0.2) is 0 Å². The molecule has 194 valence electrons. The van der Waals surface area contributed by atoms with Crippen LogP contribution in [0.5, 0.6) is 11.8 Å². The number of nitriles is 2. The highest BCUT2D eigenvalue weighted by Crippen LogP contribution is 2.28. The molecule has 0 saturated heterocycles. The van der Waals surface area contributed by atoms with Gasteiger partial charge in [-0.05, 0) is 47.5 Å². The van der Waals surface area contributed by atoms with Gasteiger partial charge >= 0.3 is 0 Å². The quantitative estimate of drug-likeness (QED) is 0.224. The summed E-state index contributed by atoms with van der Waals surface area (Å²) in [6, 6.07) is 31.1. The predicted octanol–water partition coefficient (Wildman–Crippen LogP) is 6.20. The highest BCUT2D eigenvalue weighted by Gasteiger charge is 2.13. The lowest BCUT2D eigenvalue weighted by atomic mass is 9.99. The topological polar surface area (TPSA) is 102 Å². The Bertz CT molecular complexity index is 1630. The maximum absolute atomic E-state index is 9.93. The normalized spacial score (nSPS) is 11.5. The Morgan fingerprint density at radius 3 is 1.32 bits per heavy atom. The van der Waals surface area contributed by atoms with Crippen LogP contribution in [0.1, 0.15) is 22.3 Å². The fraction of sp³-hybridized carbons (Fsp3) is 0.0625. The Balaban J connectivity index is 1.44. The van der Waals surface area contributed by atoms with Crippen molar-refractivity contribution >= 4 is 23.3 Å². The Kier molecular flexibility index (Phi) is 7.53. The Labute approximate surface area is 231 Å². The minimum Gasteiger partial charge on any atom is -0.480 e. The average molecular weight is 525 g/mol. The molecule has 0 N–H and O–H groups in total. The molecule has 0 bridgehead atoms. The minimum atomic E-state index is 0.410. The molecule has 5 aromatic rings. The Morgan fingerprint density at radius 2 is 1.00 bits per heavy atom. The standard InChI is InChI=1S/C32H24N6O2/c1-39-31-27(21-37(35-31)29-9-5-3-6-10-29)17-25(19-33)23-13-15-24(16-14-23)26(20-34)18-28-22-38(36-32(28)40-2)30-11-7-4-8-12-30/h3-18,21-22H,1-2H3/b25-17-,26-18+. The van der Waals surface area contributed by atoms with Crippen LogP contribution < -0.4 is 9.47 Å². The van der Waals surface area contributed by atoms with Crippen molar-refractivity contribution in [1.82, 2.24) is 19.6 Å². The second-order valence-corrected chi connectivity index (χ2v) is 8.66. The molecule has 0 fully saturated rings. The van der Waals surface area contributed by atoms with Crippen molar-refractivity contribution < 1.29 is 9.47 Å². The van der Waals surface area contributed by atoms with Crippen LogP contribution in [0.15, 0.2) is 97.3 Å². The van der Waals surface area contributed by atoms with Gasteiger partial charge in [-0.15, -0.1) is 10.2 Å². The molecular weight excluding hydrogens is 500 g/mol. The van der Waals surface area contributed by atoms with Gasteiger partial charge in [0.05, 0.1) is 60.0 Å². The van der Waals surface area contributed by atoms with Crippen LogP contribution in [0.25, 0.3) is 34.7 Å². The summed E-state index contributed by atoms with van der Waals surface area (Å²) in [5.41, 5.74) is 5.38. The number of methoxy groups -OCH3 is 2. The number of hydrogen-bond donors (Lipinski definition) is 0. The smallest absolute Gasteiger partial charge is 0.240 e. The third-order valence-electron chi connectivity index (χ3n) is 6.19. The molecule has 0 unspecified atom stereocenters. The molecule has 0 aliphatic carbocycles. The predicted molar refractivity (Wildman–Crippen MR) is 154 cm³/mol. The molecule has 8 nitrogen and oxygen atoms in total. The summed E-state index contributed by atoms with van der Waals surface area (Å²) in [5, 5.41) is 28.8. The summed E-state index contributed by atoms with van der Waals surface area (Å²) in [6.45, 7) is 0. The molecule has 0 spiro atoms. The number of allylic oxidation sites excluding steroid dienone is 2. The fourth-order valence-corrected chi connectivity index (χ4v) is 4.18. The van der Waals surface area contributed by atoms with Crippen LogP contribution in [0.2, 0.25) is 0 Å². The van der Waals surface area contributed by atoms with E-state index in [0.717, 1.165) is 11.4 Å². The van der Waals surface area contributed by atoms with Crippen molar-refractivity contribution in [1.29, 1.82) is 10.5 Å². The van der Waals surface area contributed by atoms with Crippen molar-refractivity contribution in [2.24, 2.45) is 0 Å². The van der Waals surface area contributed by atoms with Gasteiger partial charge in [-0.25, -0.2) is 9.36 Å². The zero-order valence-electron chi connectivity index (χ0n) is 21.9. The lowest BCUT2D eigenvalue weighted by Crippen LogP contribution is -1.94. The van der Waals surface area contributed by atoms with Crippen LogP contribution in [0.4, 0.5) is 0 Å². The Morgan fingerprint density at radius 1 is 0.625 bits per heavy atom. The third kappa shape index (κ3) is 5.38. The van der Waals surface area contributed by atoms with E-state index in [1.54, 1.807) is 35.7 Å². The molecule has 5 rings (SSSR count). The van der Waals surface area contributed by atoms with E-state index in [1.165, 1.54) is 0 Å². The van der Waals surface area contributed by atoms with Crippen molar-refractivity contribution in [2.75, 3.05) is 14.2 Å². The van der Waals surface area contributed by atoms with E-state index in [4.69, 9.17) is 9.47 Å². The van der Waals surface area contributed by atoms with E-state index in [1.807, 2.05) is 97.3 Å². The van der Waals surface area contributed by atoms with Crippen LogP contribution >= 0.6 is 0 Å². The van der Waals surface area contributed by atoms with E-state index < -0.39 is 0 Å². The van der Waals surface area contributed by atoms with Crippen molar-refractivity contribution in [3.63, 3.8) is 0 Å². The van der Waals surface area contributed by atoms with E-state index in [0.29, 0.717) is 45.2 Å². The first-order valence-electron chi connectivity index (χ1n) is 12.4. The van der Waals surface area contributed by atoms with Gasteiger partial charge in [-0.3, -0.25) is 0 Å². The summed E-state index contributed by atoms with van der Waals surface area (Å²) in [7, 11) is 3.09. The first-order valence-corrected chi connectivity index (χ1v) is 12.4. The summed E-state index contributed by atoms with van der Waals surface area (Å²) < 4.78 is 14.3. The highest BCUT2D eigenvalue weighted by atomic mass is 16.5. The second kappa shape index (κ2) is 11.7. The maximum atomic E-state index is 9.93. The summed E-state index contributed by atoms with van der Waals surface area (Å²) in [5.74, 6) is 0.820. The van der Waals surface area contributed by atoms with E-state index in [9.17, 15) is 10.5 Å². The zero-order valence-corrected chi connectivity index (χ0v) is 21.9. The Hall–Kier alpha value is -5.86. The third-order valence-corrected chi connectivity index (χ3v) is 6.19. The molecule has 2 aromatic heterocycles. The number of rotatable bonds is 8. The monoisotopic (exact) mass is 524 g/mol. The summed E-state index contributed by atoms with van der Waals surface area (Å²) in [6.07, 6.45) is 7.12. The van der Waals surface area contributed by atoms with Crippen molar-refractivity contribution in [3.05, 3.63) is 120 Å². The molecule has 0 saturated carbocycles. The van der Waals surface area contributed by atoms with Crippen LogP contribution in [-0.4, -0.2) is 33.8 Å². The first kappa shape index (κ1) is 25.8. The second-order valence-electron chi connectivity index (χ2n) is 8.66. The van der Waals surface area contributed by atoms with E-state index in [2.05, 4.69) is 22.3 Å². The lowest BCUT2D eigenvalue weighted by Gasteiger charge is -2.03. The van der Waals surface area contributed by atoms with E-state index >= 15 is 0 Å². The fourth-order valence-electron chi connectivity index (χ4n) is 4.18. The van der Waals surface area contributed by atoms with Gasteiger partial charge in [0.1, 0.15) is 0 Å². The summed E-state index contributed by atoms with van der Waals surface area (Å²) in [4.78, 5) is 0. The van der Waals surface area contributed by atoms with Crippen molar-refractivity contribution in [2.45, 2.75) is 0 Å². The van der Waals surface area contributed by atoms with E-state index in [-0.39, 0.29) is 0 Å². The number of benzene rings is 3. The maximum Gasteiger partial charge on any atom is 0.240 e. The molecule has 0 aliphatic rings. The van der Waals surface area contributed by atoms with Crippen LogP contribution in [0.3, 0.4) is 0 Å². The molecule has 0 aliphatic heterocycles. The largest absolute Gasteiger partial charge is 0.480 e. The number of ether oxygens (including phenoxy) is 2. The molecule has 0 radical (unpaired) electrons. The lowest BCUT2D eigenvalue weighted by molar-refractivity contribution is 0.393. The average Bonchev–Trinajstić information content (AvgIpc) is 3.63. The van der Waals surface area contributed by atoms with Gasteiger partial charge in [0.25, 0.3) is 0 Å². The molecular formula is C32H24N6O2. The summed E-state index contributed by atoms with van der Waals surface area (Å²) >= 11 is 0. The van der Waals surface area contributed by atoms with Gasteiger partial charge < -0.3 is 9.47 Å².